The first-order valence-electron chi connectivity index (χ1n) is 4.75. The number of amides is 2. The van der Waals surface area contributed by atoms with Gasteiger partial charge in [0, 0.05) is 0 Å². The summed E-state index contributed by atoms with van der Waals surface area (Å²) in [6.07, 6.45) is 0.849. The Balaban J connectivity index is 2.73. The van der Waals surface area contributed by atoms with Crippen LogP contribution in [0.15, 0.2) is 30.9 Å². The Labute approximate surface area is 99.5 Å². The van der Waals surface area contributed by atoms with E-state index >= 15 is 0 Å². The zero-order valence-corrected chi connectivity index (χ0v) is 9.71. The fraction of sp³-hybridized carbons (Fsp3) is 0.182. The number of urea groups is 1. The molecule has 0 aliphatic heterocycles. The molecule has 5 heteroatoms. The van der Waals surface area contributed by atoms with Gasteiger partial charge in [-0.15, -0.1) is 0 Å². The van der Waals surface area contributed by atoms with E-state index in [2.05, 4.69) is 17.2 Å². The summed E-state index contributed by atoms with van der Waals surface area (Å²) >= 11 is 5.95. The van der Waals surface area contributed by atoms with Gasteiger partial charge in [0.15, 0.2) is 0 Å². The third-order valence-corrected chi connectivity index (χ3v) is 2.33. The van der Waals surface area contributed by atoms with Crippen LogP contribution in [0.5, 0.6) is 0 Å². The molecular formula is C11H14ClN3O. The van der Waals surface area contributed by atoms with Crippen LogP contribution in [-0.4, -0.2) is 12.2 Å². The van der Waals surface area contributed by atoms with Crippen molar-refractivity contribution in [3.05, 3.63) is 41.4 Å². The van der Waals surface area contributed by atoms with Gasteiger partial charge in [0.25, 0.3) is 0 Å². The fourth-order valence-corrected chi connectivity index (χ4v) is 1.42. The summed E-state index contributed by atoms with van der Waals surface area (Å²) in [5, 5.41) is 5.61. The zero-order valence-electron chi connectivity index (χ0n) is 8.96. The number of hydrogen-bond acceptors (Lipinski definition) is 2. The Kier molecular flexibility index (Phi) is 4.34. The van der Waals surface area contributed by atoms with Gasteiger partial charge in [0.2, 0.25) is 0 Å². The zero-order chi connectivity index (χ0) is 12.1. The number of hydrogen-bond donors (Lipinski definition) is 3. The number of carbonyl (C=O) groups excluding carboxylic acids is 1. The van der Waals surface area contributed by atoms with Crippen LogP contribution in [0.25, 0.3) is 0 Å². The molecule has 1 rings (SSSR count). The molecule has 4 N–H and O–H groups in total. The third-order valence-electron chi connectivity index (χ3n) is 2.01. The molecule has 1 atom stereocenters. The number of nitrogens with two attached hydrogens (primary N) is 1. The van der Waals surface area contributed by atoms with Gasteiger partial charge in [-0.1, -0.05) is 36.4 Å². The van der Waals surface area contributed by atoms with Gasteiger partial charge in [0.05, 0.1) is 16.9 Å². The first kappa shape index (κ1) is 12.5. The van der Waals surface area contributed by atoms with Gasteiger partial charge >= 0.3 is 6.03 Å². The van der Waals surface area contributed by atoms with Gasteiger partial charge in [-0.25, -0.2) is 4.79 Å². The van der Waals surface area contributed by atoms with Crippen molar-refractivity contribution in [1.29, 1.82) is 0 Å². The Bertz CT molecular complexity index is 386. The van der Waals surface area contributed by atoms with Gasteiger partial charge in [0.1, 0.15) is 0 Å². The monoisotopic (exact) mass is 239 g/mol. The van der Waals surface area contributed by atoms with E-state index < -0.39 is 12.2 Å². The van der Waals surface area contributed by atoms with Gasteiger partial charge in [-0.05, 0) is 18.6 Å². The van der Waals surface area contributed by atoms with Gasteiger partial charge < -0.3 is 16.4 Å². The third kappa shape index (κ3) is 3.25. The van der Waals surface area contributed by atoms with E-state index in [1.54, 1.807) is 6.07 Å². The van der Waals surface area contributed by atoms with Gasteiger partial charge in [-0.2, -0.15) is 0 Å². The van der Waals surface area contributed by atoms with Crippen molar-refractivity contribution in [1.82, 2.24) is 5.32 Å². The van der Waals surface area contributed by atoms with Crippen LogP contribution in [0.3, 0.4) is 0 Å². The van der Waals surface area contributed by atoms with Crippen LogP contribution >= 0.6 is 11.6 Å². The Hall–Kier alpha value is -1.52. The lowest BCUT2D eigenvalue weighted by atomic mass is 10.2. The molecule has 2 amide bonds. The normalized spacial score (nSPS) is 11.7. The predicted molar refractivity (Wildman–Crippen MR) is 66.5 cm³/mol. The highest BCUT2D eigenvalue weighted by atomic mass is 35.5. The molecule has 0 fully saturated rings. The average Bonchev–Trinajstić information content (AvgIpc) is 2.23. The molecule has 1 aromatic rings. The number of rotatable bonds is 3. The molecule has 0 radical (unpaired) electrons. The van der Waals surface area contributed by atoms with Crippen LogP contribution in [0, 0.1) is 6.92 Å². The maximum atomic E-state index is 11.5. The van der Waals surface area contributed by atoms with Crippen LogP contribution in [0.2, 0.25) is 5.02 Å². The van der Waals surface area contributed by atoms with E-state index in [1.165, 1.54) is 6.08 Å². The molecule has 0 aromatic heterocycles. The highest BCUT2D eigenvalue weighted by molar-refractivity contribution is 6.33. The molecule has 16 heavy (non-hydrogen) atoms. The minimum atomic E-state index is -0.581. The molecule has 0 saturated heterocycles. The summed E-state index contributed by atoms with van der Waals surface area (Å²) in [6, 6.07) is 4.96. The summed E-state index contributed by atoms with van der Waals surface area (Å²) in [7, 11) is 0. The molecule has 0 aliphatic carbocycles. The lowest BCUT2D eigenvalue weighted by Gasteiger charge is -2.13. The molecule has 0 heterocycles. The largest absolute Gasteiger partial charge is 0.320 e. The second kappa shape index (κ2) is 5.53. The van der Waals surface area contributed by atoms with E-state index in [1.807, 2.05) is 19.1 Å². The Morgan fingerprint density at radius 2 is 2.31 bits per heavy atom. The second-order valence-corrected chi connectivity index (χ2v) is 3.70. The maximum Gasteiger partial charge on any atom is 0.320 e. The second-order valence-electron chi connectivity index (χ2n) is 3.29. The standard InChI is InChI=1S/C11H14ClN3O/c1-3-9(13)14-11(16)15-10-7(2)5-4-6-8(10)12/h3-6,9H,1,13H2,2H3,(H2,14,15,16). The summed E-state index contributed by atoms with van der Waals surface area (Å²) in [5.74, 6) is 0. The van der Waals surface area contributed by atoms with E-state index in [0.717, 1.165) is 5.56 Å². The first-order valence-corrected chi connectivity index (χ1v) is 5.13. The molecule has 1 unspecified atom stereocenters. The topological polar surface area (TPSA) is 67.1 Å². The SMILES string of the molecule is C=CC(N)NC(=O)Nc1c(C)cccc1Cl. The number of anilines is 1. The lowest BCUT2D eigenvalue weighted by Crippen LogP contribution is -2.42. The average molecular weight is 240 g/mol. The quantitative estimate of drug-likeness (QED) is 0.559. The number of nitrogens with one attached hydrogen (secondary N) is 2. The number of halogens is 1. The van der Waals surface area contributed by atoms with E-state index in [9.17, 15) is 4.79 Å². The van der Waals surface area contributed by atoms with Crippen molar-refractivity contribution < 1.29 is 4.79 Å². The molecule has 0 bridgehead atoms. The molecule has 86 valence electrons. The van der Waals surface area contributed by atoms with Crippen LogP contribution < -0.4 is 16.4 Å². The Morgan fingerprint density at radius 1 is 1.62 bits per heavy atom. The highest BCUT2D eigenvalue weighted by Crippen LogP contribution is 2.24. The number of para-hydroxylation sites is 1. The first-order chi connectivity index (χ1) is 7.54. The number of benzene rings is 1. The maximum absolute atomic E-state index is 11.5. The van der Waals surface area contributed by atoms with Crippen molar-refractivity contribution >= 4 is 23.3 Å². The van der Waals surface area contributed by atoms with Crippen LogP contribution in [0.4, 0.5) is 10.5 Å². The van der Waals surface area contributed by atoms with Crippen molar-refractivity contribution in [3.63, 3.8) is 0 Å². The van der Waals surface area contributed by atoms with Crippen LogP contribution in [0.1, 0.15) is 5.56 Å². The summed E-state index contributed by atoms with van der Waals surface area (Å²) < 4.78 is 0. The summed E-state index contributed by atoms with van der Waals surface area (Å²) in [5.41, 5.74) is 6.95. The Morgan fingerprint density at radius 3 is 2.88 bits per heavy atom. The predicted octanol–water partition coefficient (Wildman–Crippen LogP) is 2.24. The minimum absolute atomic E-state index is 0.413. The van der Waals surface area contributed by atoms with E-state index in [0.29, 0.717) is 10.7 Å². The number of aryl methyl sites for hydroxylation is 1. The molecule has 4 nitrogen and oxygen atoms in total. The lowest BCUT2D eigenvalue weighted by molar-refractivity contribution is 0.250. The molecule has 0 spiro atoms. The molecule has 0 aliphatic rings. The highest BCUT2D eigenvalue weighted by Gasteiger charge is 2.08. The van der Waals surface area contributed by atoms with E-state index in [4.69, 9.17) is 17.3 Å². The van der Waals surface area contributed by atoms with Gasteiger partial charge in [-0.3, -0.25) is 0 Å². The number of carbonyl (C=O) groups is 1. The minimum Gasteiger partial charge on any atom is -0.319 e. The van der Waals surface area contributed by atoms with Crippen molar-refractivity contribution in [2.24, 2.45) is 5.73 Å². The van der Waals surface area contributed by atoms with Crippen molar-refractivity contribution in [2.75, 3.05) is 5.32 Å². The van der Waals surface area contributed by atoms with Crippen molar-refractivity contribution in [3.8, 4) is 0 Å². The summed E-state index contributed by atoms with van der Waals surface area (Å²) in [6.45, 7) is 5.32. The van der Waals surface area contributed by atoms with Crippen LogP contribution in [-0.2, 0) is 0 Å². The molecule has 1 aromatic carbocycles. The smallest absolute Gasteiger partial charge is 0.319 e. The van der Waals surface area contributed by atoms with E-state index in [-0.39, 0.29) is 0 Å². The molecule has 0 saturated carbocycles. The van der Waals surface area contributed by atoms with Crippen molar-refractivity contribution in [2.45, 2.75) is 13.1 Å². The molecular weight excluding hydrogens is 226 g/mol. The summed E-state index contributed by atoms with van der Waals surface area (Å²) in [4.78, 5) is 11.5. The fourth-order valence-electron chi connectivity index (χ4n) is 1.15.